The van der Waals surface area contributed by atoms with E-state index in [2.05, 4.69) is 16.4 Å². The lowest BCUT2D eigenvalue weighted by atomic mass is 10.0. The predicted molar refractivity (Wildman–Crippen MR) is 73.7 cm³/mol. The molecular weight excluding hydrogens is 224 g/mol. The molecule has 0 atom stereocenters. The number of hydrogen-bond acceptors (Lipinski definition) is 3. The van der Waals surface area contributed by atoms with Gasteiger partial charge in [0.15, 0.2) is 0 Å². The summed E-state index contributed by atoms with van der Waals surface area (Å²) in [6.07, 6.45) is 5.88. The maximum Gasteiger partial charge on any atom is 0.0819 e. The number of nitrogens with zero attached hydrogens (tertiary/aromatic N) is 1. The second kappa shape index (κ2) is 4.58. The van der Waals surface area contributed by atoms with Gasteiger partial charge in [0, 0.05) is 23.8 Å². The number of aliphatic hydroxyl groups is 1. The molecule has 0 saturated heterocycles. The number of nitrogens with one attached hydrogen (secondary N) is 1. The van der Waals surface area contributed by atoms with E-state index in [1.54, 1.807) is 6.20 Å². The molecule has 0 amide bonds. The van der Waals surface area contributed by atoms with E-state index < -0.39 is 5.60 Å². The van der Waals surface area contributed by atoms with Crippen LogP contribution in [-0.4, -0.2) is 22.2 Å². The van der Waals surface area contributed by atoms with Crippen molar-refractivity contribution in [2.24, 2.45) is 0 Å². The Morgan fingerprint density at radius 3 is 2.83 bits per heavy atom. The maximum atomic E-state index is 10.3. The second-order valence-electron chi connectivity index (χ2n) is 5.16. The van der Waals surface area contributed by atoms with E-state index in [9.17, 15) is 5.11 Å². The topological polar surface area (TPSA) is 45.1 Å². The summed E-state index contributed by atoms with van der Waals surface area (Å²) in [4.78, 5) is 4.34. The zero-order valence-corrected chi connectivity index (χ0v) is 10.4. The predicted octanol–water partition coefficient (Wildman–Crippen LogP) is 2.95. The fraction of sp³-hybridized carbons (Fsp3) is 0.400. The third kappa shape index (κ3) is 2.18. The lowest BCUT2D eigenvalue weighted by molar-refractivity contribution is 0.0615. The van der Waals surface area contributed by atoms with Gasteiger partial charge < -0.3 is 10.4 Å². The van der Waals surface area contributed by atoms with E-state index in [1.165, 1.54) is 0 Å². The zero-order chi connectivity index (χ0) is 12.4. The van der Waals surface area contributed by atoms with Gasteiger partial charge in [0.2, 0.25) is 0 Å². The van der Waals surface area contributed by atoms with E-state index in [0.717, 1.165) is 42.3 Å². The molecule has 0 bridgehead atoms. The molecular formula is C15H18N2O. The number of rotatable bonds is 3. The van der Waals surface area contributed by atoms with E-state index in [4.69, 9.17) is 0 Å². The Morgan fingerprint density at radius 2 is 2.00 bits per heavy atom. The Balaban J connectivity index is 1.82. The number of anilines is 1. The van der Waals surface area contributed by atoms with Crippen LogP contribution in [-0.2, 0) is 0 Å². The van der Waals surface area contributed by atoms with Crippen molar-refractivity contribution in [3.8, 4) is 0 Å². The highest BCUT2D eigenvalue weighted by atomic mass is 16.3. The minimum absolute atomic E-state index is 0.523. The Labute approximate surface area is 107 Å². The normalized spacial score (nSPS) is 18.1. The summed E-state index contributed by atoms with van der Waals surface area (Å²) in [6.45, 7) is 0.626. The summed E-state index contributed by atoms with van der Waals surface area (Å²) in [5.41, 5.74) is 1.52. The molecule has 3 rings (SSSR count). The van der Waals surface area contributed by atoms with Crippen LogP contribution in [0.4, 0.5) is 5.69 Å². The highest BCUT2D eigenvalue weighted by Crippen LogP contribution is 2.30. The molecule has 0 radical (unpaired) electrons. The molecule has 1 aromatic carbocycles. The second-order valence-corrected chi connectivity index (χ2v) is 5.16. The summed E-state index contributed by atoms with van der Waals surface area (Å²) in [5, 5.41) is 14.8. The molecule has 2 N–H and O–H groups in total. The average molecular weight is 242 g/mol. The van der Waals surface area contributed by atoms with Crippen molar-refractivity contribution in [2.45, 2.75) is 31.3 Å². The van der Waals surface area contributed by atoms with Gasteiger partial charge in [-0.25, -0.2) is 0 Å². The standard InChI is InChI=1S/C15H18N2O/c18-15(8-1-2-9-15)11-17-14-7-3-6-13-12(14)5-4-10-16-13/h3-7,10,17-18H,1-2,8-9,11H2. The van der Waals surface area contributed by atoms with Crippen molar-refractivity contribution in [2.75, 3.05) is 11.9 Å². The van der Waals surface area contributed by atoms with Crippen LogP contribution in [0.25, 0.3) is 10.9 Å². The van der Waals surface area contributed by atoms with Gasteiger partial charge in [-0.2, -0.15) is 0 Å². The number of aromatic nitrogens is 1. The first kappa shape index (κ1) is 11.5. The van der Waals surface area contributed by atoms with Gasteiger partial charge in [-0.1, -0.05) is 18.9 Å². The SMILES string of the molecule is OC1(CNc2cccc3ncccc23)CCCC1. The Kier molecular flexibility index (Phi) is 2.92. The molecule has 1 aliphatic rings. The van der Waals surface area contributed by atoms with Gasteiger partial charge in [-0.15, -0.1) is 0 Å². The molecule has 0 unspecified atom stereocenters. The number of pyridine rings is 1. The molecule has 3 nitrogen and oxygen atoms in total. The average Bonchev–Trinajstić information content (AvgIpc) is 2.84. The molecule has 0 spiro atoms. The summed E-state index contributed by atoms with van der Waals surface area (Å²) in [7, 11) is 0. The Hall–Kier alpha value is -1.61. The highest BCUT2D eigenvalue weighted by Gasteiger charge is 2.30. The van der Waals surface area contributed by atoms with Gasteiger partial charge in [-0.05, 0) is 37.1 Å². The van der Waals surface area contributed by atoms with Gasteiger partial charge in [0.05, 0.1) is 11.1 Å². The summed E-state index contributed by atoms with van der Waals surface area (Å²) in [5.74, 6) is 0. The van der Waals surface area contributed by atoms with Crippen LogP contribution in [0.3, 0.4) is 0 Å². The number of fused-ring (bicyclic) bond motifs is 1. The van der Waals surface area contributed by atoms with Gasteiger partial charge >= 0.3 is 0 Å². The summed E-state index contributed by atoms with van der Waals surface area (Å²) in [6, 6.07) is 10.0. The van der Waals surface area contributed by atoms with Crippen molar-refractivity contribution in [1.29, 1.82) is 0 Å². The zero-order valence-electron chi connectivity index (χ0n) is 10.4. The van der Waals surface area contributed by atoms with Crippen LogP contribution < -0.4 is 5.32 Å². The molecule has 3 heteroatoms. The van der Waals surface area contributed by atoms with Gasteiger partial charge in [0.25, 0.3) is 0 Å². The first-order chi connectivity index (χ1) is 8.77. The number of benzene rings is 1. The van der Waals surface area contributed by atoms with E-state index in [0.29, 0.717) is 6.54 Å². The van der Waals surface area contributed by atoms with Gasteiger partial charge in [-0.3, -0.25) is 4.98 Å². The van der Waals surface area contributed by atoms with Crippen LogP contribution >= 0.6 is 0 Å². The highest BCUT2D eigenvalue weighted by molar-refractivity contribution is 5.91. The molecule has 1 aromatic heterocycles. The lowest BCUT2D eigenvalue weighted by Gasteiger charge is -2.23. The Bertz CT molecular complexity index is 542. The molecule has 1 aliphatic carbocycles. The van der Waals surface area contributed by atoms with Crippen LogP contribution in [0.1, 0.15) is 25.7 Å². The molecule has 1 heterocycles. The smallest absolute Gasteiger partial charge is 0.0819 e. The number of hydrogen-bond donors (Lipinski definition) is 2. The van der Waals surface area contributed by atoms with Crippen LogP contribution in [0.5, 0.6) is 0 Å². The largest absolute Gasteiger partial charge is 0.388 e. The molecule has 94 valence electrons. The minimum Gasteiger partial charge on any atom is -0.388 e. The van der Waals surface area contributed by atoms with E-state index in [1.807, 2.05) is 24.3 Å². The maximum absolute atomic E-state index is 10.3. The molecule has 18 heavy (non-hydrogen) atoms. The van der Waals surface area contributed by atoms with E-state index >= 15 is 0 Å². The fourth-order valence-corrected chi connectivity index (χ4v) is 2.73. The van der Waals surface area contributed by atoms with Crippen molar-refractivity contribution in [3.63, 3.8) is 0 Å². The van der Waals surface area contributed by atoms with Crippen LogP contribution in [0, 0.1) is 0 Å². The third-order valence-electron chi connectivity index (χ3n) is 3.79. The summed E-state index contributed by atoms with van der Waals surface area (Å²) < 4.78 is 0. The summed E-state index contributed by atoms with van der Waals surface area (Å²) >= 11 is 0. The first-order valence-electron chi connectivity index (χ1n) is 6.57. The first-order valence-corrected chi connectivity index (χ1v) is 6.57. The van der Waals surface area contributed by atoms with E-state index in [-0.39, 0.29) is 0 Å². The van der Waals surface area contributed by atoms with Crippen molar-refractivity contribution in [3.05, 3.63) is 36.5 Å². The fourth-order valence-electron chi connectivity index (χ4n) is 2.73. The molecule has 2 aromatic rings. The van der Waals surface area contributed by atoms with Crippen molar-refractivity contribution < 1.29 is 5.11 Å². The third-order valence-corrected chi connectivity index (χ3v) is 3.79. The minimum atomic E-state index is -0.523. The molecule has 1 saturated carbocycles. The Morgan fingerprint density at radius 1 is 1.17 bits per heavy atom. The molecule has 1 fully saturated rings. The quantitative estimate of drug-likeness (QED) is 0.869. The van der Waals surface area contributed by atoms with Crippen LogP contribution in [0.2, 0.25) is 0 Å². The lowest BCUT2D eigenvalue weighted by Crippen LogP contribution is -2.33. The van der Waals surface area contributed by atoms with Crippen molar-refractivity contribution >= 4 is 16.6 Å². The monoisotopic (exact) mass is 242 g/mol. The molecule has 0 aliphatic heterocycles. The van der Waals surface area contributed by atoms with Crippen molar-refractivity contribution in [1.82, 2.24) is 4.98 Å². The van der Waals surface area contributed by atoms with Gasteiger partial charge in [0.1, 0.15) is 0 Å². The van der Waals surface area contributed by atoms with Crippen LogP contribution in [0.15, 0.2) is 36.5 Å².